The van der Waals surface area contributed by atoms with Crippen molar-refractivity contribution in [3.63, 3.8) is 0 Å². The first-order valence-corrected chi connectivity index (χ1v) is 6.31. The van der Waals surface area contributed by atoms with Gasteiger partial charge in [-0.05, 0) is 23.9 Å². The van der Waals surface area contributed by atoms with Crippen LogP contribution in [0.15, 0.2) is 29.2 Å². The number of rotatable bonds is 3. The Morgan fingerprint density at radius 1 is 1.42 bits per heavy atom. The third kappa shape index (κ3) is 2.64. The highest BCUT2D eigenvalue weighted by atomic mass is 32.2. The quantitative estimate of drug-likeness (QED) is 0.626. The highest BCUT2D eigenvalue weighted by Crippen LogP contribution is 2.33. The fraction of sp³-hybridized carbons (Fsp3) is 0.143. The average molecular weight is 273 g/mol. The van der Waals surface area contributed by atoms with Gasteiger partial charge in [-0.1, -0.05) is 24.1 Å². The summed E-state index contributed by atoms with van der Waals surface area (Å²) in [6, 6.07) is 7.27. The first-order chi connectivity index (χ1) is 9.17. The van der Waals surface area contributed by atoms with Gasteiger partial charge in [-0.3, -0.25) is 14.5 Å². The zero-order valence-electron chi connectivity index (χ0n) is 10.3. The van der Waals surface area contributed by atoms with Crippen molar-refractivity contribution in [2.24, 2.45) is 0 Å². The first kappa shape index (κ1) is 13.2. The number of hydrogen-bond acceptors (Lipinski definition) is 4. The van der Waals surface area contributed by atoms with Crippen molar-refractivity contribution >= 4 is 29.0 Å². The number of hydrogen-bond donors (Lipinski definition) is 0. The minimum Gasteiger partial charge on any atom is -0.496 e. The maximum absolute atomic E-state index is 12.0. The summed E-state index contributed by atoms with van der Waals surface area (Å²) < 4.78 is 5.20. The first-order valence-electron chi connectivity index (χ1n) is 5.49. The number of amides is 2. The highest BCUT2D eigenvalue weighted by Gasteiger charge is 2.34. The normalized spacial score (nSPS) is 16.8. The molecular weight excluding hydrogens is 262 g/mol. The topological polar surface area (TPSA) is 46.6 Å². The van der Waals surface area contributed by atoms with Gasteiger partial charge in [0.2, 0.25) is 0 Å². The summed E-state index contributed by atoms with van der Waals surface area (Å²) in [6.45, 7) is -0.00602. The summed E-state index contributed by atoms with van der Waals surface area (Å²) in [6.07, 6.45) is 6.77. The zero-order valence-corrected chi connectivity index (χ0v) is 11.1. The van der Waals surface area contributed by atoms with Crippen LogP contribution >= 0.6 is 11.8 Å². The fourth-order valence-corrected chi connectivity index (χ4v) is 2.48. The maximum atomic E-state index is 12.0. The van der Waals surface area contributed by atoms with Gasteiger partial charge in [0.05, 0.1) is 18.6 Å². The monoisotopic (exact) mass is 273 g/mol. The molecule has 1 fully saturated rings. The van der Waals surface area contributed by atoms with E-state index in [0.29, 0.717) is 10.7 Å². The smallest absolute Gasteiger partial charge is 0.294 e. The Kier molecular flexibility index (Phi) is 3.93. The summed E-state index contributed by atoms with van der Waals surface area (Å²) in [7, 11) is 1.55. The van der Waals surface area contributed by atoms with Crippen LogP contribution in [-0.2, 0) is 4.79 Å². The summed E-state index contributed by atoms with van der Waals surface area (Å²) in [5, 5.41) is -0.343. The van der Waals surface area contributed by atoms with Crippen LogP contribution in [0, 0.1) is 12.3 Å². The van der Waals surface area contributed by atoms with Crippen LogP contribution < -0.4 is 4.74 Å². The van der Waals surface area contributed by atoms with Crippen LogP contribution in [-0.4, -0.2) is 29.7 Å². The van der Waals surface area contributed by atoms with E-state index in [9.17, 15) is 9.59 Å². The molecule has 19 heavy (non-hydrogen) atoms. The molecule has 0 atom stereocenters. The molecule has 0 radical (unpaired) electrons. The Morgan fingerprint density at radius 2 is 2.16 bits per heavy atom. The number of ether oxygens (including phenoxy) is 1. The zero-order chi connectivity index (χ0) is 13.8. The predicted molar refractivity (Wildman–Crippen MR) is 74.5 cm³/mol. The molecule has 1 aliphatic heterocycles. The van der Waals surface area contributed by atoms with E-state index in [2.05, 4.69) is 5.92 Å². The van der Waals surface area contributed by atoms with E-state index in [1.807, 2.05) is 18.2 Å². The van der Waals surface area contributed by atoms with Crippen molar-refractivity contribution in [1.82, 2.24) is 4.90 Å². The summed E-state index contributed by atoms with van der Waals surface area (Å²) in [5.41, 5.74) is 0.746. The molecule has 1 aromatic carbocycles. The van der Waals surface area contributed by atoms with Gasteiger partial charge in [0.25, 0.3) is 11.1 Å². The summed E-state index contributed by atoms with van der Waals surface area (Å²) in [5.74, 6) is 2.58. The van der Waals surface area contributed by atoms with Crippen LogP contribution in [0.4, 0.5) is 4.79 Å². The molecule has 5 heteroatoms. The van der Waals surface area contributed by atoms with Gasteiger partial charge in [0, 0.05) is 5.56 Å². The van der Waals surface area contributed by atoms with Gasteiger partial charge in [-0.2, -0.15) is 0 Å². The predicted octanol–water partition coefficient (Wildman–Crippen LogP) is 2.36. The Hall–Kier alpha value is -2.19. The number of methoxy groups -OCH3 is 1. The molecule has 0 N–H and O–H groups in total. The van der Waals surface area contributed by atoms with Gasteiger partial charge in [0.15, 0.2) is 0 Å². The lowest BCUT2D eigenvalue weighted by Crippen LogP contribution is -2.28. The molecular formula is C14H11NO3S. The van der Waals surface area contributed by atoms with Gasteiger partial charge < -0.3 is 4.74 Å². The standard InChI is InChI=1S/C14H11NO3S/c1-3-8-15-13(16)12(19-14(15)17)9-10-6-4-5-7-11(10)18-2/h1,4-7,9H,8H2,2H3. The second kappa shape index (κ2) is 5.63. The van der Waals surface area contributed by atoms with Gasteiger partial charge in [-0.15, -0.1) is 6.42 Å². The summed E-state index contributed by atoms with van der Waals surface area (Å²) in [4.78, 5) is 25.0. The van der Waals surface area contributed by atoms with Gasteiger partial charge in [0.1, 0.15) is 5.75 Å². The number of terminal acetylenes is 1. The molecule has 0 bridgehead atoms. The Labute approximate surface area is 115 Å². The molecule has 0 unspecified atom stereocenters. The largest absolute Gasteiger partial charge is 0.496 e. The van der Waals surface area contributed by atoms with Crippen molar-refractivity contribution in [1.29, 1.82) is 0 Å². The minimum absolute atomic E-state index is 0.00602. The molecule has 0 saturated carbocycles. The lowest BCUT2D eigenvalue weighted by molar-refractivity contribution is -0.122. The lowest BCUT2D eigenvalue weighted by Gasteiger charge is -2.07. The molecule has 4 nitrogen and oxygen atoms in total. The van der Waals surface area contributed by atoms with Crippen LogP contribution in [0.3, 0.4) is 0 Å². The number of carbonyl (C=O) groups is 2. The van der Waals surface area contributed by atoms with Crippen molar-refractivity contribution < 1.29 is 14.3 Å². The van der Waals surface area contributed by atoms with Crippen LogP contribution in [0.1, 0.15) is 5.56 Å². The minimum atomic E-state index is -0.362. The van der Waals surface area contributed by atoms with E-state index in [1.54, 1.807) is 19.3 Å². The molecule has 2 amide bonds. The molecule has 0 aromatic heterocycles. The number of para-hydroxylation sites is 1. The van der Waals surface area contributed by atoms with E-state index in [4.69, 9.17) is 11.2 Å². The third-order valence-electron chi connectivity index (χ3n) is 2.55. The van der Waals surface area contributed by atoms with Crippen molar-refractivity contribution in [3.8, 4) is 18.1 Å². The van der Waals surface area contributed by atoms with Crippen molar-refractivity contribution in [2.45, 2.75) is 0 Å². The maximum Gasteiger partial charge on any atom is 0.294 e. The summed E-state index contributed by atoms with van der Waals surface area (Å²) >= 11 is 0.883. The van der Waals surface area contributed by atoms with Gasteiger partial charge in [-0.25, -0.2) is 0 Å². The Balaban J connectivity index is 2.33. The second-order valence-electron chi connectivity index (χ2n) is 3.71. The number of carbonyl (C=O) groups excluding carboxylic acids is 2. The SMILES string of the molecule is C#CCN1C(=O)SC(=Cc2ccccc2OC)C1=O. The number of thioether (sulfide) groups is 1. The molecule has 0 aliphatic carbocycles. The second-order valence-corrected chi connectivity index (χ2v) is 4.71. The van der Waals surface area contributed by atoms with Crippen LogP contribution in [0.5, 0.6) is 5.75 Å². The Morgan fingerprint density at radius 3 is 2.84 bits per heavy atom. The van der Waals surface area contributed by atoms with Crippen LogP contribution in [0.2, 0.25) is 0 Å². The average Bonchev–Trinajstić information content (AvgIpc) is 2.67. The third-order valence-corrected chi connectivity index (χ3v) is 3.46. The molecule has 1 aliphatic rings. The highest BCUT2D eigenvalue weighted by molar-refractivity contribution is 8.18. The lowest BCUT2D eigenvalue weighted by atomic mass is 10.2. The number of imide groups is 1. The molecule has 1 saturated heterocycles. The number of nitrogens with zero attached hydrogens (tertiary/aromatic N) is 1. The molecule has 96 valence electrons. The van der Waals surface area contributed by atoms with E-state index < -0.39 is 0 Å². The van der Waals surface area contributed by atoms with Crippen LogP contribution in [0.25, 0.3) is 6.08 Å². The van der Waals surface area contributed by atoms with Gasteiger partial charge >= 0.3 is 0 Å². The Bertz CT molecular complexity index is 601. The fourth-order valence-electron chi connectivity index (χ4n) is 1.65. The number of benzene rings is 1. The van der Waals surface area contributed by atoms with E-state index in [0.717, 1.165) is 22.2 Å². The molecule has 1 heterocycles. The molecule has 2 rings (SSSR count). The van der Waals surface area contributed by atoms with Crippen molar-refractivity contribution in [3.05, 3.63) is 34.7 Å². The van der Waals surface area contributed by atoms with Crippen molar-refractivity contribution in [2.75, 3.05) is 13.7 Å². The molecule has 1 aromatic rings. The van der Waals surface area contributed by atoms with E-state index >= 15 is 0 Å². The molecule has 0 spiro atoms. The van der Waals surface area contributed by atoms with E-state index in [1.165, 1.54) is 0 Å². The van der Waals surface area contributed by atoms with E-state index in [-0.39, 0.29) is 17.7 Å².